The molecule has 1 heterocycles. The maximum atomic E-state index is 14.0. The Morgan fingerprint density at radius 2 is 1.95 bits per heavy atom. The number of hydrogen-bond acceptors (Lipinski definition) is 2. The van der Waals surface area contributed by atoms with Crippen molar-refractivity contribution in [3.8, 4) is 5.75 Å². The second-order valence-corrected chi connectivity index (χ2v) is 5.57. The van der Waals surface area contributed by atoms with Crippen LogP contribution >= 0.6 is 15.9 Å². The third-order valence-electron chi connectivity index (χ3n) is 3.37. The van der Waals surface area contributed by atoms with E-state index in [-0.39, 0.29) is 18.0 Å². The maximum absolute atomic E-state index is 14.0. The fourth-order valence-electron chi connectivity index (χ4n) is 2.41. The summed E-state index contributed by atoms with van der Waals surface area (Å²) in [6.07, 6.45) is 0.244. The summed E-state index contributed by atoms with van der Waals surface area (Å²) in [5, 5.41) is 0. The molecule has 1 aliphatic heterocycles. The zero-order valence-electron chi connectivity index (χ0n) is 10.1. The zero-order valence-corrected chi connectivity index (χ0v) is 11.7. The number of nitrogens with two attached hydrogens (primary N) is 1. The summed E-state index contributed by atoms with van der Waals surface area (Å²) in [6.45, 7) is 0. The molecule has 19 heavy (non-hydrogen) atoms. The Hall–Kier alpha value is -1.39. The molecule has 0 amide bonds. The van der Waals surface area contributed by atoms with Crippen LogP contribution in [0.4, 0.5) is 4.39 Å². The molecule has 2 aromatic rings. The van der Waals surface area contributed by atoms with Crippen LogP contribution in [0.15, 0.2) is 46.9 Å². The van der Waals surface area contributed by atoms with Crippen molar-refractivity contribution in [2.75, 3.05) is 0 Å². The van der Waals surface area contributed by atoms with Crippen molar-refractivity contribution in [1.29, 1.82) is 0 Å². The Morgan fingerprint density at radius 3 is 2.74 bits per heavy atom. The van der Waals surface area contributed by atoms with Gasteiger partial charge in [0.25, 0.3) is 0 Å². The second kappa shape index (κ2) is 4.94. The van der Waals surface area contributed by atoms with Crippen molar-refractivity contribution in [3.05, 3.63) is 63.9 Å². The minimum Gasteiger partial charge on any atom is -0.485 e. The summed E-state index contributed by atoms with van der Waals surface area (Å²) in [7, 11) is 0. The van der Waals surface area contributed by atoms with Gasteiger partial charge in [-0.3, -0.25) is 0 Å². The van der Waals surface area contributed by atoms with Crippen LogP contribution in [0.1, 0.15) is 29.7 Å². The van der Waals surface area contributed by atoms with Crippen LogP contribution in [0.25, 0.3) is 0 Å². The lowest BCUT2D eigenvalue weighted by Gasteiger charge is -2.30. The Labute approximate surface area is 119 Å². The number of halogens is 2. The van der Waals surface area contributed by atoms with E-state index in [0.717, 1.165) is 11.3 Å². The third-order valence-corrected chi connectivity index (χ3v) is 3.86. The molecule has 1 aliphatic rings. The highest BCUT2D eigenvalue weighted by Crippen LogP contribution is 2.40. The minimum absolute atomic E-state index is 0.127. The van der Waals surface area contributed by atoms with E-state index < -0.39 is 0 Å². The van der Waals surface area contributed by atoms with Crippen LogP contribution in [0.3, 0.4) is 0 Å². The van der Waals surface area contributed by atoms with Crippen molar-refractivity contribution in [2.45, 2.75) is 18.6 Å². The molecule has 0 bridgehead atoms. The lowest BCUT2D eigenvalue weighted by Crippen LogP contribution is -2.24. The normalized spacial score (nSPS) is 21.6. The summed E-state index contributed by atoms with van der Waals surface area (Å²) >= 11 is 3.25. The van der Waals surface area contributed by atoms with Gasteiger partial charge in [0.15, 0.2) is 0 Å². The largest absolute Gasteiger partial charge is 0.485 e. The molecule has 0 saturated carbocycles. The highest BCUT2D eigenvalue weighted by atomic mass is 79.9. The molecule has 0 aromatic heterocycles. The van der Waals surface area contributed by atoms with E-state index in [0.29, 0.717) is 16.5 Å². The maximum Gasteiger partial charge on any atom is 0.131 e. The molecule has 2 nitrogen and oxygen atoms in total. The van der Waals surface area contributed by atoms with Gasteiger partial charge in [-0.1, -0.05) is 40.2 Å². The number of fused-ring (bicyclic) bond motifs is 1. The van der Waals surface area contributed by atoms with E-state index in [1.165, 1.54) is 6.07 Å². The average Bonchev–Trinajstić information content (AvgIpc) is 2.38. The number of para-hydroxylation sites is 1. The standard InChI is InChI=1S/C15H13BrFNO/c16-9-5-6-10(12(17)7-9)15-8-13(18)11-3-1-2-4-14(11)19-15/h1-7,13,15H,8,18H2/t13-,15?/m0/s1. The molecule has 0 saturated heterocycles. The predicted octanol–water partition coefficient (Wildman–Crippen LogP) is 4.11. The summed E-state index contributed by atoms with van der Waals surface area (Å²) in [4.78, 5) is 0. The van der Waals surface area contributed by atoms with Gasteiger partial charge in [-0.05, 0) is 18.2 Å². The molecule has 0 fully saturated rings. The molecule has 4 heteroatoms. The zero-order chi connectivity index (χ0) is 13.4. The molecule has 2 atom stereocenters. The molecule has 3 rings (SSSR count). The Balaban J connectivity index is 1.97. The summed E-state index contributed by atoms with van der Waals surface area (Å²) in [6, 6.07) is 12.5. The molecule has 0 radical (unpaired) electrons. The number of hydrogen-bond donors (Lipinski definition) is 1. The molecule has 2 aromatic carbocycles. The van der Waals surface area contributed by atoms with Crippen LogP contribution < -0.4 is 10.5 Å². The fourth-order valence-corrected chi connectivity index (χ4v) is 2.74. The first-order chi connectivity index (χ1) is 9.15. The van der Waals surface area contributed by atoms with Crippen molar-refractivity contribution in [2.24, 2.45) is 5.73 Å². The third kappa shape index (κ3) is 2.38. The first-order valence-electron chi connectivity index (χ1n) is 6.11. The highest BCUT2D eigenvalue weighted by molar-refractivity contribution is 9.10. The Morgan fingerprint density at radius 1 is 1.16 bits per heavy atom. The second-order valence-electron chi connectivity index (χ2n) is 4.65. The Bertz CT molecular complexity index is 617. The summed E-state index contributed by atoms with van der Waals surface area (Å²) in [5.74, 6) is 0.472. The van der Waals surface area contributed by atoms with Gasteiger partial charge in [-0.15, -0.1) is 0 Å². The van der Waals surface area contributed by atoms with E-state index in [2.05, 4.69) is 15.9 Å². The highest BCUT2D eigenvalue weighted by Gasteiger charge is 2.28. The van der Waals surface area contributed by atoms with E-state index >= 15 is 0 Å². The molecule has 1 unspecified atom stereocenters. The summed E-state index contributed by atoms with van der Waals surface area (Å²) in [5.41, 5.74) is 7.67. The number of rotatable bonds is 1. The van der Waals surface area contributed by atoms with Crippen LogP contribution in [0.5, 0.6) is 5.75 Å². The van der Waals surface area contributed by atoms with Gasteiger partial charge in [0, 0.05) is 28.1 Å². The SMILES string of the molecule is N[C@H]1CC(c2ccc(Br)cc2F)Oc2ccccc21. The molecule has 0 aliphatic carbocycles. The topological polar surface area (TPSA) is 35.2 Å². The number of ether oxygens (including phenoxy) is 1. The van der Waals surface area contributed by atoms with Crippen LogP contribution in [-0.4, -0.2) is 0 Å². The monoisotopic (exact) mass is 321 g/mol. The van der Waals surface area contributed by atoms with Crippen molar-refractivity contribution >= 4 is 15.9 Å². The lowest BCUT2D eigenvalue weighted by atomic mass is 9.93. The first kappa shape index (κ1) is 12.6. The van der Waals surface area contributed by atoms with Gasteiger partial charge in [0.05, 0.1) is 0 Å². The molecular weight excluding hydrogens is 309 g/mol. The molecule has 98 valence electrons. The average molecular weight is 322 g/mol. The van der Waals surface area contributed by atoms with Crippen LogP contribution in [-0.2, 0) is 0 Å². The van der Waals surface area contributed by atoms with Crippen molar-refractivity contribution < 1.29 is 9.13 Å². The van der Waals surface area contributed by atoms with Crippen molar-refractivity contribution in [1.82, 2.24) is 0 Å². The fraction of sp³-hybridized carbons (Fsp3) is 0.200. The van der Waals surface area contributed by atoms with Gasteiger partial charge in [0.1, 0.15) is 17.7 Å². The first-order valence-corrected chi connectivity index (χ1v) is 6.90. The van der Waals surface area contributed by atoms with E-state index in [4.69, 9.17) is 10.5 Å². The molecule has 0 spiro atoms. The van der Waals surface area contributed by atoms with E-state index in [1.807, 2.05) is 30.3 Å². The van der Waals surface area contributed by atoms with Crippen LogP contribution in [0, 0.1) is 5.82 Å². The summed E-state index contributed by atoms with van der Waals surface area (Å²) < 4.78 is 20.6. The Kier molecular flexibility index (Phi) is 3.29. The predicted molar refractivity (Wildman–Crippen MR) is 75.5 cm³/mol. The smallest absolute Gasteiger partial charge is 0.131 e. The van der Waals surface area contributed by atoms with E-state index in [1.54, 1.807) is 6.07 Å². The van der Waals surface area contributed by atoms with Gasteiger partial charge in [-0.25, -0.2) is 4.39 Å². The molecular formula is C15H13BrFNO. The van der Waals surface area contributed by atoms with E-state index in [9.17, 15) is 4.39 Å². The lowest BCUT2D eigenvalue weighted by molar-refractivity contribution is 0.157. The van der Waals surface area contributed by atoms with Gasteiger partial charge in [-0.2, -0.15) is 0 Å². The van der Waals surface area contributed by atoms with Gasteiger partial charge < -0.3 is 10.5 Å². The van der Waals surface area contributed by atoms with Crippen molar-refractivity contribution in [3.63, 3.8) is 0 Å². The minimum atomic E-state index is -0.335. The van der Waals surface area contributed by atoms with Gasteiger partial charge >= 0.3 is 0 Å². The number of benzene rings is 2. The van der Waals surface area contributed by atoms with Gasteiger partial charge in [0.2, 0.25) is 0 Å². The molecule has 2 N–H and O–H groups in total. The quantitative estimate of drug-likeness (QED) is 0.857. The van der Waals surface area contributed by atoms with Crippen LogP contribution in [0.2, 0.25) is 0 Å².